The predicted octanol–water partition coefficient (Wildman–Crippen LogP) is 1.70. The van der Waals surface area contributed by atoms with E-state index in [0.29, 0.717) is 12.3 Å². The maximum absolute atomic E-state index is 9.94. The molecule has 2 aliphatic heterocycles. The van der Waals surface area contributed by atoms with E-state index >= 15 is 0 Å². The molecule has 110 valence electrons. The van der Waals surface area contributed by atoms with Gasteiger partial charge in [-0.15, -0.1) is 0 Å². The molecule has 0 unspecified atom stereocenters. The molecule has 20 heavy (non-hydrogen) atoms. The van der Waals surface area contributed by atoms with E-state index < -0.39 is 0 Å². The van der Waals surface area contributed by atoms with Crippen LogP contribution in [0.5, 0.6) is 17.2 Å². The van der Waals surface area contributed by atoms with Crippen molar-refractivity contribution in [2.24, 2.45) is 0 Å². The van der Waals surface area contributed by atoms with Crippen molar-refractivity contribution in [3.05, 3.63) is 17.7 Å². The molecule has 1 saturated heterocycles. The molecule has 0 aromatic heterocycles. The first kappa shape index (κ1) is 13.5. The van der Waals surface area contributed by atoms with Crippen molar-refractivity contribution in [3.8, 4) is 17.2 Å². The molecule has 0 saturated carbocycles. The summed E-state index contributed by atoms with van der Waals surface area (Å²) in [5, 5.41) is 13.3. The van der Waals surface area contributed by atoms with E-state index in [9.17, 15) is 5.11 Å². The van der Waals surface area contributed by atoms with Crippen molar-refractivity contribution in [1.29, 1.82) is 0 Å². The minimum absolute atomic E-state index is 0.237. The minimum Gasteiger partial charge on any atom is -0.507 e. The fraction of sp³-hybridized carbons (Fsp3) is 0.600. The fourth-order valence-corrected chi connectivity index (χ4v) is 2.76. The van der Waals surface area contributed by atoms with Gasteiger partial charge in [-0.25, -0.2) is 0 Å². The number of piperidine rings is 1. The van der Waals surface area contributed by atoms with E-state index in [1.54, 1.807) is 6.07 Å². The molecular formula is C15H22N2O3. The smallest absolute Gasteiger partial charge is 0.231 e. The second-order valence-corrected chi connectivity index (χ2v) is 5.41. The lowest BCUT2D eigenvalue weighted by Crippen LogP contribution is -2.35. The van der Waals surface area contributed by atoms with E-state index in [-0.39, 0.29) is 12.5 Å². The van der Waals surface area contributed by atoms with Gasteiger partial charge in [-0.1, -0.05) is 6.42 Å². The molecule has 0 amide bonds. The van der Waals surface area contributed by atoms with E-state index in [1.807, 2.05) is 6.07 Å². The fourth-order valence-electron chi connectivity index (χ4n) is 2.76. The summed E-state index contributed by atoms with van der Waals surface area (Å²) in [6, 6.07) is 3.48. The van der Waals surface area contributed by atoms with Gasteiger partial charge in [-0.3, -0.25) is 0 Å². The van der Waals surface area contributed by atoms with E-state index in [0.717, 1.165) is 24.4 Å². The van der Waals surface area contributed by atoms with Crippen LogP contribution in [0, 0.1) is 0 Å². The first-order valence-electron chi connectivity index (χ1n) is 7.37. The summed E-state index contributed by atoms with van der Waals surface area (Å²) in [6.07, 6.45) is 4.01. The van der Waals surface area contributed by atoms with Crippen LogP contribution in [0.3, 0.4) is 0 Å². The maximum Gasteiger partial charge on any atom is 0.231 e. The molecule has 2 heterocycles. The second kappa shape index (κ2) is 6.33. The van der Waals surface area contributed by atoms with Crippen LogP contribution < -0.4 is 14.8 Å². The molecule has 2 N–H and O–H groups in total. The number of rotatable bonds is 5. The predicted molar refractivity (Wildman–Crippen MR) is 76.2 cm³/mol. The molecule has 1 fully saturated rings. The number of phenolic OH excluding ortho intramolecular Hbond substituents is 1. The summed E-state index contributed by atoms with van der Waals surface area (Å²) >= 11 is 0. The van der Waals surface area contributed by atoms with Gasteiger partial charge in [0, 0.05) is 31.3 Å². The van der Waals surface area contributed by atoms with Crippen LogP contribution in [-0.4, -0.2) is 43.0 Å². The summed E-state index contributed by atoms with van der Waals surface area (Å²) in [7, 11) is 0. The van der Waals surface area contributed by atoms with E-state index in [2.05, 4.69) is 10.2 Å². The number of ether oxygens (including phenoxy) is 2. The summed E-state index contributed by atoms with van der Waals surface area (Å²) in [5.74, 6) is 1.61. The third kappa shape index (κ3) is 3.16. The second-order valence-electron chi connectivity index (χ2n) is 5.41. The highest BCUT2D eigenvalue weighted by Crippen LogP contribution is 2.37. The van der Waals surface area contributed by atoms with Crippen molar-refractivity contribution in [2.75, 3.05) is 33.0 Å². The molecule has 5 heteroatoms. The lowest BCUT2D eigenvalue weighted by atomic mass is 10.1. The van der Waals surface area contributed by atoms with Crippen LogP contribution >= 0.6 is 0 Å². The van der Waals surface area contributed by atoms with Gasteiger partial charge in [0.2, 0.25) is 6.79 Å². The largest absolute Gasteiger partial charge is 0.507 e. The van der Waals surface area contributed by atoms with Gasteiger partial charge in [0.25, 0.3) is 0 Å². The molecule has 0 radical (unpaired) electrons. The number of phenols is 1. The Labute approximate surface area is 119 Å². The van der Waals surface area contributed by atoms with Crippen molar-refractivity contribution >= 4 is 0 Å². The summed E-state index contributed by atoms with van der Waals surface area (Å²) in [6.45, 7) is 5.34. The number of aromatic hydroxyl groups is 1. The van der Waals surface area contributed by atoms with Crippen molar-refractivity contribution in [3.63, 3.8) is 0 Å². The Kier molecular flexibility index (Phi) is 4.28. The topological polar surface area (TPSA) is 54.0 Å². The van der Waals surface area contributed by atoms with Crippen LogP contribution in [0.25, 0.3) is 0 Å². The highest BCUT2D eigenvalue weighted by atomic mass is 16.7. The average molecular weight is 278 g/mol. The van der Waals surface area contributed by atoms with E-state index in [1.165, 1.54) is 32.4 Å². The van der Waals surface area contributed by atoms with Crippen LogP contribution in [-0.2, 0) is 6.54 Å². The Hall–Kier alpha value is -1.46. The summed E-state index contributed by atoms with van der Waals surface area (Å²) < 4.78 is 10.6. The molecule has 1 aromatic rings. The number of hydrogen-bond donors (Lipinski definition) is 2. The molecule has 5 nitrogen and oxygen atoms in total. The third-order valence-electron chi connectivity index (χ3n) is 3.94. The van der Waals surface area contributed by atoms with Gasteiger partial charge in [0.05, 0.1) is 0 Å². The molecule has 0 spiro atoms. The maximum atomic E-state index is 9.94. The number of nitrogens with zero attached hydrogens (tertiary/aromatic N) is 1. The van der Waals surface area contributed by atoms with Gasteiger partial charge in [0.15, 0.2) is 11.5 Å². The van der Waals surface area contributed by atoms with Crippen LogP contribution in [0.1, 0.15) is 24.8 Å². The zero-order valence-corrected chi connectivity index (χ0v) is 11.7. The quantitative estimate of drug-likeness (QED) is 0.803. The molecule has 3 rings (SSSR count). The Morgan fingerprint density at radius 2 is 1.85 bits per heavy atom. The SMILES string of the molecule is Oc1cc2c(cc1CNCCN1CCCCC1)OCO2. The van der Waals surface area contributed by atoms with Gasteiger partial charge in [-0.2, -0.15) is 0 Å². The zero-order valence-electron chi connectivity index (χ0n) is 11.7. The number of fused-ring (bicyclic) bond motifs is 1. The highest BCUT2D eigenvalue weighted by molar-refractivity contribution is 5.51. The Morgan fingerprint density at radius 1 is 1.10 bits per heavy atom. The number of hydrogen-bond acceptors (Lipinski definition) is 5. The normalized spacial score (nSPS) is 18.4. The van der Waals surface area contributed by atoms with Gasteiger partial charge in [0.1, 0.15) is 5.75 Å². The van der Waals surface area contributed by atoms with Gasteiger partial charge >= 0.3 is 0 Å². The van der Waals surface area contributed by atoms with Crippen LogP contribution in [0.15, 0.2) is 12.1 Å². The first-order chi connectivity index (χ1) is 9.83. The third-order valence-corrected chi connectivity index (χ3v) is 3.94. The lowest BCUT2D eigenvalue weighted by Gasteiger charge is -2.26. The molecular weight excluding hydrogens is 256 g/mol. The molecule has 0 atom stereocenters. The standard InChI is InChI=1S/C15H22N2O3/c18-13-9-15-14(19-11-20-15)8-12(13)10-16-4-7-17-5-2-1-3-6-17/h8-9,16,18H,1-7,10-11H2. The van der Waals surface area contributed by atoms with Crippen molar-refractivity contribution < 1.29 is 14.6 Å². The van der Waals surface area contributed by atoms with Crippen molar-refractivity contribution in [1.82, 2.24) is 10.2 Å². The van der Waals surface area contributed by atoms with Crippen LogP contribution in [0.2, 0.25) is 0 Å². The van der Waals surface area contributed by atoms with Gasteiger partial charge < -0.3 is 24.8 Å². The molecule has 0 bridgehead atoms. The monoisotopic (exact) mass is 278 g/mol. The minimum atomic E-state index is 0.237. The Balaban J connectivity index is 1.46. The number of nitrogens with one attached hydrogen (secondary N) is 1. The summed E-state index contributed by atoms with van der Waals surface area (Å²) in [4.78, 5) is 2.50. The number of benzene rings is 1. The number of likely N-dealkylation sites (tertiary alicyclic amines) is 1. The summed E-state index contributed by atoms with van der Waals surface area (Å²) in [5.41, 5.74) is 0.855. The Morgan fingerprint density at radius 3 is 2.65 bits per heavy atom. The molecule has 0 aliphatic carbocycles. The van der Waals surface area contributed by atoms with Crippen LogP contribution in [0.4, 0.5) is 0 Å². The highest BCUT2D eigenvalue weighted by Gasteiger charge is 2.16. The molecule has 1 aromatic carbocycles. The molecule has 2 aliphatic rings. The Bertz CT molecular complexity index is 459. The lowest BCUT2D eigenvalue weighted by molar-refractivity contribution is 0.174. The first-order valence-corrected chi connectivity index (χ1v) is 7.37. The zero-order chi connectivity index (χ0) is 13.8. The van der Waals surface area contributed by atoms with E-state index in [4.69, 9.17) is 9.47 Å². The average Bonchev–Trinajstić information content (AvgIpc) is 2.91. The van der Waals surface area contributed by atoms with Crippen molar-refractivity contribution in [2.45, 2.75) is 25.8 Å². The van der Waals surface area contributed by atoms with Gasteiger partial charge in [-0.05, 0) is 32.0 Å².